The fourth-order valence-corrected chi connectivity index (χ4v) is 0.831. The van der Waals surface area contributed by atoms with Gasteiger partial charge < -0.3 is 10.8 Å². The predicted octanol–water partition coefficient (Wildman–Crippen LogP) is 0.744. The zero-order valence-electron chi connectivity index (χ0n) is 6.14. The van der Waals surface area contributed by atoms with Crippen molar-refractivity contribution in [1.82, 2.24) is 0 Å². The minimum atomic E-state index is 0.311. The molecule has 0 aliphatic heterocycles. The molecule has 0 amide bonds. The number of hydrogen-bond donors (Lipinski definition) is 2. The molecule has 0 aromatic carbocycles. The number of hydrogen-bond acceptors (Lipinski definition) is 2. The highest BCUT2D eigenvalue weighted by molar-refractivity contribution is 4.51. The van der Waals surface area contributed by atoms with E-state index < -0.39 is 0 Å². The summed E-state index contributed by atoms with van der Waals surface area (Å²) < 4.78 is 0. The summed E-state index contributed by atoms with van der Waals surface area (Å²) in [5.74, 6) is 0.638. The van der Waals surface area contributed by atoms with Crippen LogP contribution in [0.25, 0.3) is 0 Å². The molecule has 0 bridgehead atoms. The van der Waals surface area contributed by atoms with Gasteiger partial charge in [0.15, 0.2) is 0 Å². The zero-order valence-corrected chi connectivity index (χ0v) is 6.14. The number of aliphatic hydroxyl groups is 1. The van der Waals surface area contributed by atoms with Gasteiger partial charge in [-0.3, -0.25) is 0 Å². The van der Waals surface area contributed by atoms with Gasteiger partial charge in [0.05, 0.1) is 0 Å². The van der Waals surface area contributed by atoms with Crippen molar-refractivity contribution < 1.29 is 5.11 Å². The molecule has 0 heterocycles. The lowest BCUT2D eigenvalue weighted by molar-refractivity contribution is 0.257. The number of nitrogens with two attached hydrogens (primary N) is 1. The van der Waals surface area contributed by atoms with Gasteiger partial charge >= 0.3 is 0 Å². The maximum Gasteiger partial charge on any atom is 0.0433 e. The predicted molar refractivity (Wildman–Crippen MR) is 39.2 cm³/mol. The van der Waals surface area contributed by atoms with E-state index in [2.05, 4.69) is 6.92 Å². The molecular formula is C7H17NO. The SMILES string of the molecule is CC(CCO)CCCN. The first-order valence-electron chi connectivity index (χ1n) is 3.62. The van der Waals surface area contributed by atoms with Gasteiger partial charge in [0.2, 0.25) is 0 Å². The molecular weight excluding hydrogens is 114 g/mol. The minimum Gasteiger partial charge on any atom is -0.396 e. The molecule has 2 heteroatoms. The van der Waals surface area contributed by atoms with Crippen molar-refractivity contribution in [1.29, 1.82) is 0 Å². The summed E-state index contributed by atoms with van der Waals surface area (Å²) in [6.45, 7) is 3.23. The maximum atomic E-state index is 8.50. The Labute approximate surface area is 57.1 Å². The van der Waals surface area contributed by atoms with Crippen LogP contribution in [-0.4, -0.2) is 18.3 Å². The summed E-state index contributed by atoms with van der Waals surface area (Å²) in [6.07, 6.45) is 3.15. The number of rotatable bonds is 5. The second-order valence-corrected chi connectivity index (χ2v) is 2.55. The Morgan fingerprint density at radius 2 is 2.11 bits per heavy atom. The smallest absolute Gasteiger partial charge is 0.0433 e. The summed E-state index contributed by atoms with van der Waals surface area (Å²) in [4.78, 5) is 0. The molecule has 1 unspecified atom stereocenters. The monoisotopic (exact) mass is 131 g/mol. The average molecular weight is 131 g/mol. The first-order chi connectivity index (χ1) is 4.31. The minimum absolute atomic E-state index is 0.311. The van der Waals surface area contributed by atoms with Crippen molar-refractivity contribution in [2.75, 3.05) is 13.2 Å². The Balaban J connectivity index is 2.95. The van der Waals surface area contributed by atoms with Crippen LogP contribution in [0.3, 0.4) is 0 Å². The molecule has 0 rings (SSSR count). The summed E-state index contributed by atoms with van der Waals surface area (Å²) in [7, 11) is 0. The molecule has 0 saturated heterocycles. The van der Waals surface area contributed by atoms with E-state index in [1.807, 2.05) is 0 Å². The Morgan fingerprint density at radius 3 is 2.56 bits per heavy atom. The van der Waals surface area contributed by atoms with E-state index in [1.54, 1.807) is 0 Å². The molecule has 0 aliphatic carbocycles. The Hall–Kier alpha value is -0.0800. The zero-order chi connectivity index (χ0) is 7.11. The van der Waals surface area contributed by atoms with E-state index in [4.69, 9.17) is 10.8 Å². The van der Waals surface area contributed by atoms with Crippen LogP contribution in [0.5, 0.6) is 0 Å². The third kappa shape index (κ3) is 5.80. The van der Waals surface area contributed by atoms with Gasteiger partial charge in [-0.25, -0.2) is 0 Å². The van der Waals surface area contributed by atoms with Crippen LogP contribution in [-0.2, 0) is 0 Å². The Bertz CT molecular complexity index is 56.9. The molecule has 0 radical (unpaired) electrons. The third-order valence-electron chi connectivity index (χ3n) is 1.52. The van der Waals surface area contributed by atoms with Crippen molar-refractivity contribution in [3.63, 3.8) is 0 Å². The summed E-state index contributed by atoms with van der Waals surface area (Å²) >= 11 is 0. The molecule has 0 aromatic heterocycles. The average Bonchev–Trinajstić information content (AvgIpc) is 1.85. The standard InChI is InChI=1S/C7H17NO/c1-7(4-6-9)3-2-5-8/h7,9H,2-6,8H2,1H3. The molecule has 56 valence electrons. The van der Waals surface area contributed by atoms with Gasteiger partial charge in [-0.15, -0.1) is 0 Å². The molecule has 9 heavy (non-hydrogen) atoms. The van der Waals surface area contributed by atoms with Crippen LogP contribution in [0.1, 0.15) is 26.2 Å². The molecule has 1 atom stereocenters. The van der Waals surface area contributed by atoms with Gasteiger partial charge in [0.25, 0.3) is 0 Å². The van der Waals surface area contributed by atoms with Crippen LogP contribution in [0.15, 0.2) is 0 Å². The molecule has 0 spiro atoms. The largest absolute Gasteiger partial charge is 0.396 e. The molecule has 0 fully saturated rings. The summed E-state index contributed by atoms with van der Waals surface area (Å²) in [5, 5.41) is 8.50. The molecule has 0 saturated carbocycles. The van der Waals surface area contributed by atoms with Gasteiger partial charge in [-0.05, 0) is 31.7 Å². The molecule has 0 aliphatic rings. The van der Waals surface area contributed by atoms with Crippen molar-refractivity contribution in [3.05, 3.63) is 0 Å². The van der Waals surface area contributed by atoms with E-state index in [9.17, 15) is 0 Å². The van der Waals surface area contributed by atoms with Crippen LogP contribution in [0, 0.1) is 5.92 Å². The van der Waals surface area contributed by atoms with E-state index in [0.29, 0.717) is 12.5 Å². The van der Waals surface area contributed by atoms with E-state index in [-0.39, 0.29) is 0 Å². The molecule has 2 nitrogen and oxygen atoms in total. The highest BCUT2D eigenvalue weighted by Gasteiger charge is 1.98. The Kier molecular flexibility index (Phi) is 5.99. The normalized spacial score (nSPS) is 13.7. The third-order valence-corrected chi connectivity index (χ3v) is 1.52. The lowest BCUT2D eigenvalue weighted by atomic mass is 10.0. The van der Waals surface area contributed by atoms with Gasteiger partial charge in [0.1, 0.15) is 0 Å². The quantitative estimate of drug-likeness (QED) is 0.578. The van der Waals surface area contributed by atoms with Crippen molar-refractivity contribution in [2.45, 2.75) is 26.2 Å². The molecule has 3 N–H and O–H groups in total. The second-order valence-electron chi connectivity index (χ2n) is 2.55. The highest BCUT2D eigenvalue weighted by Crippen LogP contribution is 2.07. The fourth-order valence-electron chi connectivity index (χ4n) is 0.831. The molecule has 0 aromatic rings. The van der Waals surface area contributed by atoms with Crippen molar-refractivity contribution in [2.24, 2.45) is 11.7 Å². The lowest BCUT2D eigenvalue weighted by Crippen LogP contribution is -2.03. The fraction of sp³-hybridized carbons (Fsp3) is 1.00. The van der Waals surface area contributed by atoms with E-state index in [0.717, 1.165) is 25.8 Å². The van der Waals surface area contributed by atoms with Crippen LogP contribution in [0.2, 0.25) is 0 Å². The Morgan fingerprint density at radius 1 is 1.44 bits per heavy atom. The summed E-state index contributed by atoms with van der Waals surface area (Å²) in [6, 6.07) is 0. The van der Waals surface area contributed by atoms with Gasteiger partial charge in [-0.2, -0.15) is 0 Å². The second kappa shape index (κ2) is 6.05. The summed E-state index contributed by atoms with van der Waals surface area (Å²) in [5.41, 5.74) is 5.31. The van der Waals surface area contributed by atoms with Crippen LogP contribution >= 0.6 is 0 Å². The lowest BCUT2D eigenvalue weighted by Gasteiger charge is -2.06. The van der Waals surface area contributed by atoms with Crippen LogP contribution in [0.4, 0.5) is 0 Å². The first kappa shape index (κ1) is 8.92. The first-order valence-corrected chi connectivity index (χ1v) is 3.62. The van der Waals surface area contributed by atoms with Crippen molar-refractivity contribution >= 4 is 0 Å². The van der Waals surface area contributed by atoms with Gasteiger partial charge in [-0.1, -0.05) is 6.92 Å². The van der Waals surface area contributed by atoms with Crippen molar-refractivity contribution in [3.8, 4) is 0 Å². The topological polar surface area (TPSA) is 46.2 Å². The number of aliphatic hydroxyl groups excluding tert-OH is 1. The van der Waals surface area contributed by atoms with E-state index >= 15 is 0 Å². The van der Waals surface area contributed by atoms with Crippen LogP contribution < -0.4 is 5.73 Å². The maximum absolute atomic E-state index is 8.50. The van der Waals surface area contributed by atoms with E-state index in [1.165, 1.54) is 0 Å². The highest BCUT2D eigenvalue weighted by atomic mass is 16.2. The van der Waals surface area contributed by atoms with Gasteiger partial charge in [0, 0.05) is 6.61 Å².